The van der Waals surface area contributed by atoms with Gasteiger partial charge in [0.2, 0.25) is 0 Å². The van der Waals surface area contributed by atoms with Crippen molar-refractivity contribution in [2.24, 2.45) is 0 Å². The van der Waals surface area contributed by atoms with Gasteiger partial charge in [-0.2, -0.15) is 0 Å². The van der Waals surface area contributed by atoms with Gasteiger partial charge in [0, 0.05) is 39.0 Å². The number of hydrogen-bond acceptors (Lipinski definition) is 2. The van der Waals surface area contributed by atoms with E-state index in [1.165, 1.54) is 122 Å². The lowest BCUT2D eigenvalue weighted by atomic mass is 9.44. The van der Waals surface area contributed by atoms with E-state index in [1.807, 2.05) is 0 Å². The Morgan fingerprint density at radius 2 is 0.944 bits per heavy atom. The molecular formula is C68H65BN2Si. The summed E-state index contributed by atoms with van der Waals surface area (Å²) in [6, 6.07) is 73.5. The number of nitrogens with zero attached hydrogens (tertiary/aromatic N) is 2. The highest BCUT2D eigenvalue weighted by Gasteiger charge is 2.54. The quantitative estimate of drug-likeness (QED) is 0.162. The number of benzene rings is 9. The van der Waals surface area contributed by atoms with Crippen LogP contribution in [0.15, 0.2) is 188 Å². The van der Waals surface area contributed by atoms with Crippen LogP contribution in [0, 0.1) is 13.8 Å². The van der Waals surface area contributed by atoms with Crippen LogP contribution in [0.25, 0.3) is 10.8 Å². The lowest BCUT2D eigenvalue weighted by Crippen LogP contribution is -2.79. The Morgan fingerprint density at radius 1 is 0.403 bits per heavy atom. The van der Waals surface area contributed by atoms with Gasteiger partial charge in [-0.3, -0.25) is 0 Å². The first-order valence-electron chi connectivity index (χ1n) is 26.4. The van der Waals surface area contributed by atoms with Crippen LogP contribution in [-0.2, 0) is 21.7 Å². The number of rotatable bonds is 4. The van der Waals surface area contributed by atoms with E-state index >= 15 is 0 Å². The number of aryl methyl sites for hydroxylation is 2. The third-order valence-electron chi connectivity index (χ3n) is 18.3. The van der Waals surface area contributed by atoms with Crippen molar-refractivity contribution in [3.63, 3.8) is 0 Å². The summed E-state index contributed by atoms with van der Waals surface area (Å²) in [6.07, 6.45) is 2.34. The standard InChI is InChI=1S/C68H65BN2Si/c1-44-24-23-35-62-63(44)71(58-33-21-22-34-61(58)72(62,47-26-13-11-14-27-47)48-28-15-12-16-29-48)69-56-37-36-46-25-17-18-30-49(46)64(56)70(59-42-53-52(40-45(59)2)65(3,4)38-39-66(53,5)6)60-43-55-54(41-57(60)69)67(7,8)50-31-19-20-32-51(50)68(55,9)10/h11-37,40-43H,38-39H2,1-10H3. The topological polar surface area (TPSA) is 6.48 Å². The van der Waals surface area contributed by atoms with Gasteiger partial charge in [-0.1, -0.05) is 225 Å². The molecule has 72 heavy (non-hydrogen) atoms. The van der Waals surface area contributed by atoms with E-state index in [0.717, 1.165) is 6.42 Å². The van der Waals surface area contributed by atoms with Gasteiger partial charge in [-0.25, -0.2) is 0 Å². The third kappa shape index (κ3) is 6.08. The van der Waals surface area contributed by atoms with Crippen molar-refractivity contribution in [3.05, 3.63) is 233 Å². The van der Waals surface area contributed by atoms with Crippen LogP contribution in [0.3, 0.4) is 0 Å². The SMILES string of the molecule is Cc1cc2c(cc1N1c3cc4c(cc3B(N3c5ccccc5[Si](c5ccccc5)(c5ccccc5)c5cccc(C)c53)c3ccc5ccccc5c31)C(C)(C)c1ccccc1C4(C)C)C(C)(C)CCC2(C)C. The average Bonchev–Trinajstić information content (AvgIpc) is 3.39. The zero-order valence-corrected chi connectivity index (χ0v) is 44.8. The fourth-order valence-electron chi connectivity index (χ4n) is 14.4. The maximum atomic E-state index is 2.81. The molecule has 2 nitrogen and oxygen atoms in total. The van der Waals surface area contributed by atoms with Crippen molar-refractivity contribution in [3.8, 4) is 0 Å². The molecule has 354 valence electrons. The minimum absolute atomic E-state index is 0.0360. The molecule has 4 heteroatoms. The molecule has 9 aromatic rings. The summed E-state index contributed by atoms with van der Waals surface area (Å²) in [5.74, 6) is 0. The highest BCUT2D eigenvalue weighted by Crippen LogP contribution is 2.54. The monoisotopic (exact) mass is 949 g/mol. The Hall–Kier alpha value is -6.88. The predicted molar refractivity (Wildman–Crippen MR) is 311 cm³/mol. The molecule has 0 saturated carbocycles. The normalized spacial score (nSPS) is 17.9. The second kappa shape index (κ2) is 15.6. The van der Waals surface area contributed by atoms with E-state index in [0.29, 0.717) is 0 Å². The van der Waals surface area contributed by atoms with Crippen LogP contribution >= 0.6 is 0 Å². The van der Waals surface area contributed by atoms with Crippen molar-refractivity contribution in [1.82, 2.24) is 0 Å². The first-order chi connectivity index (χ1) is 34.6. The third-order valence-corrected chi connectivity index (χ3v) is 23.1. The molecule has 4 aliphatic rings. The molecular weight excluding hydrogens is 884 g/mol. The lowest BCUT2D eigenvalue weighted by molar-refractivity contribution is 0.332. The van der Waals surface area contributed by atoms with Gasteiger partial charge >= 0.3 is 6.85 Å². The molecule has 9 aromatic carbocycles. The molecule has 0 saturated heterocycles. The summed E-state index contributed by atoms with van der Waals surface area (Å²) in [6.45, 7) is 24.3. The molecule has 0 radical (unpaired) electrons. The largest absolute Gasteiger partial charge is 0.377 e. The lowest BCUT2D eigenvalue weighted by Gasteiger charge is -2.51. The molecule has 13 rings (SSSR count). The van der Waals surface area contributed by atoms with Crippen LogP contribution in [0.4, 0.5) is 28.4 Å². The summed E-state index contributed by atoms with van der Waals surface area (Å²) in [5.41, 5.74) is 20.0. The summed E-state index contributed by atoms with van der Waals surface area (Å²) in [7, 11) is -2.91. The molecule has 0 bridgehead atoms. The van der Waals surface area contributed by atoms with Gasteiger partial charge in [-0.15, -0.1) is 0 Å². The molecule has 0 fully saturated rings. The Balaban J connectivity index is 1.19. The zero-order chi connectivity index (χ0) is 49.7. The van der Waals surface area contributed by atoms with E-state index in [1.54, 1.807) is 0 Å². The summed E-state index contributed by atoms with van der Waals surface area (Å²) in [4.78, 5) is 5.55. The Kier molecular flexibility index (Phi) is 9.73. The van der Waals surface area contributed by atoms with Gasteiger partial charge < -0.3 is 9.71 Å². The minimum Gasteiger partial charge on any atom is -0.377 e. The molecule has 2 aliphatic heterocycles. The molecule has 0 spiro atoms. The number of fused-ring (bicyclic) bond motifs is 9. The molecule has 2 aliphatic carbocycles. The van der Waals surface area contributed by atoms with Crippen molar-refractivity contribution in [2.45, 2.75) is 104 Å². The van der Waals surface area contributed by atoms with Crippen LogP contribution < -0.4 is 41.4 Å². The number of para-hydroxylation sites is 2. The summed E-state index contributed by atoms with van der Waals surface area (Å²) < 4.78 is 0. The second-order valence-electron chi connectivity index (χ2n) is 24.0. The zero-order valence-electron chi connectivity index (χ0n) is 43.8. The van der Waals surface area contributed by atoms with Crippen LogP contribution in [0.2, 0.25) is 0 Å². The van der Waals surface area contributed by atoms with Crippen molar-refractivity contribution >= 4 is 85.8 Å². The van der Waals surface area contributed by atoms with Gasteiger partial charge in [0.15, 0.2) is 8.07 Å². The molecule has 0 atom stereocenters. The van der Waals surface area contributed by atoms with E-state index in [-0.39, 0.29) is 28.5 Å². The molecule has 0 aromatic heterocycles. The first kappa shape index (κ1) is 45.0. The Labute approximate surface area is 429 Å². The maximum Gasteiger partial charge on any atom is 0.332 e. The predicted octanol–water partition coefficient (Wildman–Crippen LogP) is 13.2. The average molecular weight is 949 g/mol. The van der Waals surface area contributed by atoms with E-state index in [4.69, 9.17) is 0 Å². The highest BCUT2D eigenvalue weighted by molar-refractivity contribution is 7.22. The first-order valence-corrected chi connectivity index (χ1v) is 28.4. The van der Waals surface area contributed by atoms with Crippen LogP contribution in [0.5, 0.6) is 0 Å². The molecule has 0 N–H and O–H groups in total. The van der Waals surface area contributed by atoms with Crippen LogP contribution in [-0.4, -0.2) is 14.9 Å². The summed E-state index contributed by atoms with van der Waals surface area (Å²) in [5, 5.41) is 8.20. The van der Waals surface area contributed by atoms with Gasteiger partial charge in [0.25, 0.3) is 0 Å². The fraction of sp³-hybridized carbons (Fsp3) is 0.235. The molecule has 2 heterocycles. The summed E-state index contributed by atoms with van der Waals surface area (Å²) >= 11 is 0. The highest BCUT2D eigenvalue weighted by atomic mass is 28.3. The van der Waals surface area contributed by atoms with Gasteiger partial charge in [-0.05, 0) is 137 Å². The smallest absolute Gasteiger partial charge is 0.332 e. The van der Waals surface area contributed by atoms with Crippen molar-refractivity contribution in [1.29, 1.82) is 0 Å². The van der Waals surface area contributed by atoms with E-state index in [2.05, 4.69) is 267 Å². The fourth-order valence-corrected chi connectivity index (χ4v) is 19.6. The van der Waals surface area contributed by atoms with Gasteiger partial charge in [0.1, 0.15) is 0 Å². The maximum absolute atomic E-state index is 2.91. The van der Waals surface area contributed by atoms with Crippen LogP contribution in [0.1, 0.15) is 113 Å². The van der Waals surface area contributed by atoms with Crippen molar-refractivity contribution < 1.29 is 0 Å². The van der Waals surface area contributed by atoms with Crippen molar-refractivity contribution in [2.75, 3.05) is 9.71 Å². The van der Waals surface area contributed by atoms with Gasteiger partial charge in [0.05, 0.1) is 5.69 Å². The molecule has 0 amide bonds. The minimum atomic E-state index is -2.91. The number of anilines is 5. The molecule has 0 unspecified atom stereocenters. The van der Waals surface area contributed by atoms with E-state index < -0.39 is 8.07 Å². The number of hydrogen-bond donors (Lipinski definition) is 0. The Bertz CT molecular complexity index is 3660. The van der Waals surface area contributed by atoms with E-state index in [9.17, 15) is 0 Å². The second-order valence-corrected chi connectivity index (χ2v) is 27.7. The Morgan fingerprint density at radius 3 is 1.61 bits per heavy atom.